The Hall–Kier alpha value is -1.95. The molecule has 23 heavy (non-hydrogen) atoms. The van der Waals surface area contributed by atoms with Gasteiger partial charge in [0.05, 0.1) is 11.7 Å². The molecular weight excluding hydrogens is 310 g/mol. The molecule has 2 N–H and O–H groups in total. The number of thiazole rings is 1. The zero-order valence-electron chi connectivity index (χ0n) is 13.7. The number of fused-ring (bicyclic) bond motifs is 1. The van der Waals surface area contributed by atoms with Crippen LogP contribution in [0.3, 0.4) is 0 Å². The Labute approximate surface area is 139 Å². The second-order valence-electron chi connectivity index (χ2n) is 6.00. The molecule has 2 aromatic heterocycles. The smallest absolute Gasteiger partial charge is 0.261 e. The van der Waals surface area contributed by atoms with Crippen molar-refractivity contribution in [1.29, 1.82) is 0 Å². The van der Waals surface area contributed by atoms with E-state index in [-0.39, 0.29) is 23.1 Å². The van der Waals surface area contributed by atoms with Gasteiger partial charge in [0.25, 0.3) is 11.5 Å². The van der Waals surface area contributed by atoms with E-state index >= 15 is 0 Å². The summed E-state index contributed by atoms with van der Waals surface area (Å²) in [7, 11) is 0. The number of carbonyl (C=O) groups excluding carboxylic acids is 1. The maximum absolute atomic E-state index is 12.5. The molecule has 0 saturated heterocycles. The van der Waals surface area contributed by atoms with E-state index in [1.165, 1.54) is 0 Å². The Kier molecular flexibility index (Phi) is 4.35. The van der Waals surface area contributed by atoms with Crippen LogP contribution < -0.4 is 10.9 Å². The Morgan fingerprint density at radius 2 is 2.22 bits per heavy atom. The van der Waals surface area contributed by atoms with Gasteiger partial charge in [0.15, 0.2) is 0 Å². The molecule has 1 atom stereocenters. The lowest BCUT2D eigenvalue weighted by molar-refractivity contribution is 0.0934. The average Bonchev–Trinajstić information content (AvgIpc) is 3.10. The monoisotopic (exact) mass is 331 g/mol. The van der Waals surface area contributed by atoms with Gasteiger partial charge in [-0.1, -0.05) is 6.92 Å². The zero-order chi connectivity index (χ0) is 16.6. The molecule has 5 nitrogen and oxygen atoms in total. The molecule has 0 aromatic carbocycles. The number of hydrogen-bond donors (Lipinski definition) is 2. The molecule has 0 fully saturated rings. The number of nitrogens with zero attached hydrogens (tertiary/aromatic N) is 1. The fourth-order valence-electron chi connectivity index (χ4n) is 2.90. The Bertz CT molecular complexity index is 787. The van der Waals surface area contributed by atoms with Gasteiger partial charge in [0.1, 0.15) is 10.6 Å². The highest BCUT2D eigenvalue weighted by molar-refractivity contribution is 7.11. The fourth-order valence-corrected chi connectivity index (χ4v) is 3.96. The van der Waals surface area contributed by atoms with Gasteiger partial charge in [0.2, 0.25) is 0 Å². The third kappa shape index (κ3) is 3.08. The molecule has 1 aliphatic rings. The van der Waals surface area contributed by atoms with E-state index in [1.54, 1.807) is 17.4 Å². The van der Waals surface area contributed by atoms with Crippen molar-refractivity contribution in [1.82, 2.24) is 15.3 Å². The predicted octanol–water partition coefficient (Wildman–Crippen LogP) is 2.82. The van der Waals surface area contributed by atoms with Gasteiger partial charge < -0.3 is 10.3 Å². The van der Waals surface area contributed by atoms with E-state index in [9.17, 15) is 9.59 Å². The normalized spacial score (nSPS) is 14.6. The first-order valence-corrected chi connectivity index (χ1v) is 8.81. The molecule has 6 heteroatoms. The number of pyridine rings is 1. The molecule has 2 aromatic rings. The van der Waals surface area contributed by atoms with Crippen LogP contribution >= 0.6 is 11.3 Å². The number of carbonyl (C=O) groups is 1. The van der Waals surface area contributed by atoms with Crippen LogP contribution in [0.15, 0.2) is 10.9 Å². The Morgan fingerprint density at radius 3 is 2.87 bits per heavy atom. The number of amides is 1. The van der Waals surface area contributed by atoms with Crippen molar-refractivity contribution in [3.8, 4) is 0 Å². The molecular formula is C17H21N3O2S. The maximum atomic E-state index is 12.5. The minimum Gasteiger partial charge on any atom is -0.343 e. The SMILES string of the molecule is CC[C@H](NC(=O)c1cc2c([nH]c1=O)CCC2)c1nc(C)c(C)s1. The van der Waals surface area contributed by atoms with Crippen LogP contribution in [0, 0.1) is 13.8 Å². The summed E-state index contributed by atoms with van der Waals surface area (Å²) in [6.45, 7) is 6.00. The Balaban J connectivity index is 1.84. The van der Waals surface area contributed by atoms with Gasteiger partial charge in [-0.2, -0.15) is 0 Å². The van der Waals surface area contributed by atoms with Crippen LogP contribution in [-0.2, 0) is 12.8 Å². The zero-order valence-corrected chi connectivity index (χ0v) is 14.5. The number of aromatic amines is 1. The lowest BCUT2D eigenvalue weighted by Crippen LogP contribution is -2.33. The summed E-state index contributed by atoms with van der Waals surface area (Å²) in [5.41, 5.74) is 2.96. The van der Waals surface area contributed by atoms with Crippen molar-refractivity contribution in [2.24, 2.45) is 0 Å². The van der Waals surface area contributed by atoms with Crippen molar-refractivity contribution in [2.75, 3.05) is 0 Å². The standard InChI is InChI=1S/C17H21N3O2S/c1-4-13(17-18-9(2)10(3)23-17)19-15(21)12-8-11-6-5-7-14(11)20-16(12)22/h8,13H,4-7H2,1-3H3,(H,19,21)(H,20,22)/t13-/m0/s1. The lowest BCUT2D eigenvalue weighted by Gasteiger charge is -2.14. The molecule has 0 spiro atoms. The van der Waals surface area contributed by atoms with Gasteiger partial charge in [-0.15, -0.1) is 11.3 Å². The minimum absolute atomic E-state index is 0.160. The summed E-state index contributed by atoms with van der Waals surface area (Å²) in [6, 6.07) is 1.59. The van der Waals surface area contributed by atoms with Crippen LogP contribution in [-0.4, -0.2) is 15.9 Å². The molecule has 122 valence electrons. The van der Waals surface area contributed by atoms with E-state index in [1.807, 2.05) is 20.8 Å². The number of H-pyrrole nitrogens is 1. The third-order valence-corrected chi connectivity index (χ3v) is 5.58. The lowest BCUT2D eigenvalue weighted by atomic mass is 10.1. The van der Waals surface area contributed by atoms with Crippen LogP contribution in [0.1, 0.15) is 63.0 Å². The first-order valence-electron chi connectivity index (χ1n) is 7.99. The molecule has 0 radical (unpaired) electrons. The molecule has 1 aliphatic carbocycles. The summed E-state index contributed by atoms with van der Waals surface area (Å²) >= 11 is 1.60. The summed E-state index contributed by atoms with van der Waals surface area (Å²) < 4.78 is 0. The summed E-state index contributed by atoms with van der Waals surface area (Å²) in [5, 5.41) is 3.86. The van der Waals surface area contributed by atoms with E-state index in [4.69, 9.17) is 0 Å². The number of rotatable bonds is 4. The van der Waals surface area contributed by atoms with Crippen molar-refractivity contribution in [3.63, 3.8) is 0 Å². The highest BCUT2D eigenvalue weighted by Gasteiger charge is 2.22. The van der Waals surface area contributed by atoms with E-state index in [0.29, 0.717) is 0 Å². The van der Waals surface area contributed by atoms with Gasteiger partial charge in [-0.25, -0.2) is 4.98 Å². The fraction of sp³-hybridized carbons (Fsp3) is 0.471. The minimum atomic E-state index is -0.321. The first kappa shape index (κ1) is 15.9. The van der Waals surface area contributed by atoms with E-state index in [0.717, 1.165) is 52.5 Å². The van der Waals surface area contributed by atoms with Crippen molar-refractivity contribution < 1.29 is 4.79 Å². The average molecular weight is 331 g/mol. The van der Waals surface area contributed by atoms with E-state index < -0.39 is 0 Å². The second-order valence-corrected chi connectivity index (χ2v) is 7.23. The first-order chi connectivity index (χ1) is 11.0. The molecule has 0 unspecified atom stereocenters. The number of hydrogen-bond acceptors (Lipinski definition) is 4. The van der Waals surface area contributed by atoms with Crippen molar-refractivity contribution in [2.45, 2.75) is 52.5 Å². The maximum Gasteiger partial charge on any atom is 0.261 e. The predicted molar refractivity (Wildman–Crippen MR) is 91.2 cm³/mol. The number of aryl methyl sites for hydroxylation is 4. The largest absolute Gasteiger partial charge is 0.343 e. The topological polar surface area (TPSA) is 74.8 Å². The van der Waals surface area contributed by atoms with Crippen LogP contribution in [0.5, 0.6) is 0 Å². The molecule has 2 heterocycles. The summed E-state index contributed by atoms with van der Waals surface area (Å²) in [4.78, 5) is 33.2. The van der Waals surface area contributed by atoms with Gasteiger partial charge >= 0.3 is 0 Å². The molecule has 1 amide bonds. The van der Waals surface area contributed by atoms with Crippen LogP contribution in [0.25, 0.3) is 0 Å². The summed E-state index contributed by atoms with van der Waals surface area (Å²) in [5.74, 6) is -0.321. The van der Waals surface area contributed by atoms with Crippen molar-refractivity contribution >= 4 is 17.2 Å². The molecule has 0 aliphatic heterocycles. The van der Waals surface area contributed by atoms with Crippen LogP contribution in [0.4, 0.5) is 0 Å². The van der Waals surface area contributed by atoms with Gasteiger partial charge in [-0.05, 0) is 51.2 Å². The third-order valence-electron chi connectivity index (χ3n) is 4.39. The highest BCUT2D eigenvalue weighted by atomic mass is 32.1. The Morgan fingerprint density at radius 1 is 1.43 bits per heavy atom. The molecule has 0 saturated carbocycles. The van der Waals surface area contributed by atoms with Crippen molar-refractivity contribution in [3.05, 3.63) is 48.8 Å². The summed E-state index contributed by atoms with van der Waals surface area (Å²) in [6.07, 6.45) is 3.59. The second kappa shape index (κ2) is 6.28. The quantitative estimate of drug-likeness (QED) is 0.904. The van der Waals surface area contributed by atoms with Gasteiger partial charge in [0, 0.05) is 10.6 Å². The number of aromatic nitrogens is 2. The van der Waals surface area contributed by atoms with Gasteiger partial charge in [-0.3, -0.25) is 9.59 Å². The van der Waals surface area contributed by atoms with Crippen LogP contribution in [0.2, 0.25) is 0 Å². The number of nitrogens with one attached hydrogen (secondary N) is 2. The van der Waals surface area contributed by atoms with E-state index in [2.05, 4.69) is 15.3 Å². The highest BCUT2D eigenvalue weighted by Crippen LogP contribution is 2.25. The molecule has 3 rings (SSSR count). The molecule has 0 bridgehead atoms.